The summed E-state index contributed by atoms with van der Waals surface area (Å²) in [5, 5.41) is 8.69. The van der Waals surface area contributed by atoms with Crippen LogP contribution in [0, 0.1) is 0 Å². The van der Waals surface area contributed by atoms with Gasteiger partial charge in [0.2, 0.25) is 0 Å². The van der Waals surface area contributed by atoms with Crippen LogP contribution in [0.3, 0.4) is 0 Å². The molecule has 25 heavy (non-hydrogen) atoms. The minimum absolute atomic E-state index is 0.363. The monoisotopic (exact) mass is 338 g/mol. The van der Waals surface area contributed by atoms with Gasteiger partial charge in [0.1, 0.15) is 6.42 Å². The van der Waals surface area contributed by atoms with E-state index in [2.05, 4.69) is 31.2 Å². The molecule has 0 bridgehead atoms. The Kier molecular flexibility index (Phi) is 7.39. The average Bonchev–Trinajstić information content (AvgIpc) is 2.62. The second-order valence-electron chi connectivity index (χ2n) is 6.43. The van der Waals surface area contributed by atoms with E-state index in [1.807, 2.05) is 12.1 Å². The third kappa shape index (κ3) is 6.18. The molecule has 2 rings (SSSR count). The smallest absolute Gasteiger partial charge is 0.311 e. The van der Waals surface area contributed by atoms with Crippen LogP contribution in [0.5, 0.6) is 0 Å². The molecule has 0 unspecified atom stereocenters. The van der Waals surface area contributed by atoms with Gasteiger partial charge in [0, 0.05) is 5.56 Å². The Morgan fingerprint density at radius 3 is 1.92 bits per heavy atom. The van der Waals surface area contributed by atoms with Gasteiger partial charge in [0.05, 0.1) is 0 Å². The highest BCUT2D eigenvalue weighted by Gasteiger charge is 2.10. The van der Waals surface area contributed by atoms with Gasteiger partial charge in [0.25, 0.3) is 0 Å². The molecule has 0 radical (unpaired) electrons. The second kappa shape index (κ2) is 9.77. The van der Waals surface area contributed by atoms with Gasteiger partial charge in [-0.2, -0.15) is 0 Å². The van der Waals surface area contributed by atoms with Crippen molar-refractivity contribution in [3.05, 3.63) is 59.7 Å². The fourth-order valence-electron chi connectivity index (χ4n) is 2.88. The van der Waals surface area contributed by atoms with Gasteiger partial charge in [-0.25, -0.2) is 0 Å². The van der Waals surface area contributed by atoms with Crippen LogP contribution in [0.2, 0.25) is 0 Å². The van der Waals surface area contributed by atoms with Crippen LogP contribution in [0.4, 0.5) is 0 Å². The molecule has 0 amide bonds. The number of carboxylic acid groups (broad SMARTS) is 1. The van der Waals surface area contributed by atoms with Gasteiger partial charge < -0.3 is 5.11 Å². The summed E-state index contributed by atoms with van der Waals surface area (Å²) in [5.74, 6) is -1.46. The van der Waals surface area contributed by atoms with Gasteiger partial charge >= 0.3 is 5.97 Å². The third-order valence-corrected chi connectivity index (χ3v) is 4.37. The summed E-state index contributed by atoms with van der Waals surface area (Å²) >= 11 is 0. The summed E-state index contributed by atoms with van der Waals surface area (Å²) in [7, 11) is 0. The minimum Gasteiger partial charge on any atom is -0.481 e. The van der Waals surface area contributed by atoms with E-state index in [4.69, 9.17) is 5.11 Å². The van der Waals surface area contributed by atoms with Crippen molar-refractivity contribution >= 4 is 11.8 Å². The maximum absolute atomic E-state index is 11.7. The van der Waals surface area contributed by atoms with Gasteiger partial charge in [-0.15, -0.1) is 0 Å². The van der Waals surface area contributed by atoms with Crippen LogP contribution in [0.15, 0.2) is 48.5 Å². The van der Waals surface area contributed by atoms with E-state index in [1.54, 1.807) is 12.1 Å². The molecular formula is C22H26O3. The van der Waals surface area contributed by atoms with Gasteiger partial charge in [0.15, 0.2) is 5.78 Å². The largest absolute Gasteiger partial charge is 0.481 e. The van der Waals surface area contributed by atoms with Gasteiger partial charge in [-0.1, -0.05) is 81.1 Å². The van der Waals surface area contributed by atoms with Crippen LogP contribution in [0.1, 0.15) is 61.4 Å². The van der Waals surface area contributed by atoms with E-state index in [0.29, 0.717) is 5.56 Å². The Labute approximate surface area is 149 Å². The molecule has 0 atom stereocenters. The number of carbonyl (C=O) groups excluding carboxylic acids is 1. The molecule has 0 saturated heterocycles. The van der Waals surface area contributed by atoms with Crippen LogP contribution < -0.4 is 0 Å². The number of benzene rings is 2. The fourth-order valence-corrected chi connectivity index (χ4v) is 2.88. The number of aryl methyl sites for hydroxylation is 1. The summed E-state index contributed by atoms with van der Waals surface area (Å²) in [5.41, 5.74) is 3.93. The predicted octanol–water partition coefficient (Wildman–Crippen LogP) is 5.52. The van der Waals surface area contributed by atoms with Crippen molar-refractivity contribution in [3.63, 3.8) is 0 Å². The molecule has 0 aliphatic carbocycles. The van der Waals surface area contributed by atoms with Crippen molar-refractivity contribution in [3.8, 4) is 11.1 Å². The first kappa shape index (κ1) is 18.9. The summed E-state index contributed by atoms with van der Waals surface area (Å²) < 4.78 is 0. The molecule has 0 aromatic heterocycles. The first-order valence-corrected chi connectivity index (χ1v) is 9.04. The highest BCUT2D eigenvalue weighted by Crippen LogP contribution is 2.21. The van der Waals surface area contributed by atoms with Crippen molar-refractivity contribution in [2.75, 3.05) is 0 Å². The molecule has 0 fully saturated rings. The molecular weight excluding hydrogens is 312 g/mol. The number of Topliss-reactive ketones (excluding diaryl/α,β-unsaturated/α-hetero) is 1. The van der Waals surface area contributed by atoms with Crippen LogP contribution in [0.25, 0.3) is 11.1 Å². The number of hydrogen-bond acceptors (Lipinski definition) is 2. The van der Waals surface area contributed by atoms with Crippen LogP contribution in [-0.2, 0) is 11.2 Å². The zero-order valence-electron chi connectivity index (χ0n) is 14.8. The molecule has 0 aliphatic rings. The van der Waals surface area contributed by atoms with Gasteiger partial charge in [-0.3, -0.25) is 9.59 Å². The van der Waals surface area contributed by atoms with E-state index in [9.17, 15) is 9.59 Å². The van der Waals surface area contributed by atoms with E-state index >= 15 is 0 Å². The lowest BCUT2D eigenvalue weighted by Gasteiger charge is -2.06. The molecule has 1 N–H and O–H groups in total. The second-order valence-corrected chi connectivity index (χ2v) is 6.43. The molecule has 2 aromatic rings. The molecule has 3 heteroatoms. The van der Waals surface area contributed by atoms with E-state index in [0.717, 1.165) is 17.5 Å². The Morgan fingerprint density at radius 2 is 1.36 bits per heavy atom. The molecule has 0 heterocycles. The average molecular weight is 338 g/mol. The zero-order valence-corrected chi connectivity index (χ0v) is 14.8. The standard InChI is InChI=1S/C22H26O3/c1-2-3-4-5-6-7-17-8-10-18(11-9-17)19-12-14-20(15-13-19)21(23)16-22(24)25/h8-15H,2-7,16H2,1H3,(H,24,25). The van der Waals surface area contributed by atoms with Gasteiger partial charge in [-0.05, 0) is 29.5 Å². The van der Waals surface area contributed by atoms with E-state index in [1.165, 1.54) is 37.7 Å². The molecule has 3 nitrogen and oxygen atoms in total. The summed E-state index contributed by atoms with van der Waals surface area (Å²) in [4.78, 5) is 22.3. The molecule has 0 saturated carbocycles. The first-order chi connectivity index (χ1) is 12.1. The number of unbranched alkanes of at least 4 members (excludes halogenated alkanes) is 4. The topological polar surface area (TPSA) is 54.4 Å². The number of carbonyl (C=O) groups is 2. The van der Waals surface area contributed by atoms with E-state index < -0.39 is 12.4 Å². The maximum atomic E-state index is 11.7. The lowest BCUT2D eigenvalue weighted by atomic mass is 9.99. The third-order valence-electron chi connectivity index (χ3n) is 4.37. The Hall–Kier alpha value is -2.42. The van der Waals surface area contributed by atoms with Crippen molar-refractivity contribution in [1.29, 1.82) is 0 Å². The number of rotatable bonds is 10. The Morgan fingerprint density at radius 1 is 0.800 bits per heavy atom. The van der Waals surface area contributed by atoms with Crippen molar-refractivity contribution in [2.24, 2.45) is 0 Å². The zero-order chi connectivity index (χ0) is 18.1. The normalized spacial score (nSPS) is 10.6. The number of aliphatic carboxylic acids is 1. The van der Waals surface area contributed by atoms with Crippen molar-refractivity contribution in [1.82, 2.24) is 0 Å². The van der Waals surface area contributed by atoms with Crippen molar-refractivity contribution in [2.45, 2.75) is 51.9 Å². The minimum atomic E-state index is -1.10. The first-order valence-electron chi connectivity index (χ1n) is 9.04. The lowest BCUT2D eigenvalue weighted by molar-refractivity contribution is -0.135. The predicted molar refractivity (Wildman–Crippen MR) is 101 cm³/mol. The molecule has 0 spiro atoms. The molecule has 0 aliphatic heterocycles. The van der Waals surface area contributed by atoms with Crippen LogP contribution in [-0.4, -0.2) is 16.9 Å². The number of ketones is 1. The molecule has 132 valence electrons. The quantitative estimate of drug-likeness (QED) is 0.352. The number of hydrogen-bond donors (Lipinski definition) is 1. The van der Waals surface area contributed by atoms with Crippen molar-refractivity contribution < 1.29 is 14.7 Å². The van der Waals surface area contributed by atoms with Crippen LogP contribution >= 0.6 is 0 Å². The summed E-state index contributed by atoms with van der Waals surface area (Å²) in [6.45, 7) is 2.23. The van der Waals surface area contributed by atoms with E-state index in [-0.39, 0.29) is 5.78 Å². The molecule has 2 aromatic carbocycles. The summed E-state index contributed by atoms with van der Waals surface area (Å²) in [6.07, 6.45) is 7.10. The lowest BCUT2D eigenvalue weighted by Crippen LogP contribution is -2.06. The Bertz CT molecular complexity index is 684. The highest BCUT2D eigenvalue weighted by molar-refractivity contribution is 6.05. The SMILES string of the molecule is CCCCCCCc1ccc(-c2ccc(C(=O)CC(=O)O)cc2)cc1. The maximum Gasteiger partial charge on any atom is 0.311 e. The fraction of sp³-hybridized carbons (Fsp3) is 0.364. The highest BCUT2D eigenvalue weighted by atomic mass is 16.4. The Balaban J connectivity index is 1.93. The number of carboxylic acids is 1. The summed E-state index contributed by atoms with van der Waals surface area (Å²) in [6, 6.07) is 15.7.